The molecule has 76 valence electrons. The highest BCUT2D eigenvalue weighted by Crippen LogP contribution is 2.10. The van der Waals surface area contributed by atoms with Crippen LogP contribution in [0.25, 0.3) is 6.08 Å². The Morgan fingerprint density at radius 2 is 2.14 bits per heavy atom. The highest BCUT2D eigenvalue weighted by Gasteiger charge is 2.09. The SMILES string of the molecule is C.C(=C\[C@H]1CCNC1)/c1cncnc1. The van der Waals surface area contributed by atoms with E-state index in [1.165, 1.54) is 6.42 Å². The van der Waals surface area contributed by atoms with E-state index < -0.39 is 0 Å². The fourth-order valence-corrected chi connectivity index (χ4v) is 1.49. The number of hydrogen-bond acceptors (Lipinski definition) is 3. The van der Waals surface area contributed by atoms with Crippen LogP contribution in [0.5, 0.6) is 0 Å². The monoisotopic (exact) mass is 191 g/mol. The van der Waals surface area contributed by atoms with Crippen molar-refractivity contribution in [2.24, 2.45) is 5.92 Å². The minimum absolute atomic E-state index is 0. The Labute approximate surface area is 85.3 Å². The molecule has 1 atom stereocenters. The van der Waals surface area contributed by atoms with Gasteiger partial charge in [-0.3, -0.25) is 0 Å². The van der Waals surface area contributed by atoms with E-state index in [2.05, 4.69) is 27.4 Å². The number of nitrogens with zero attached hydrogens (tertiary/aromatic N) is 2. The molecular formula is C11H17N3. The van der Waals surface area contributed by atoms with Crippen molar-refractivity contribution in [2.75, 3.05) is 13.1 Å². The van der Waals surface area contributed by atoms with Gasteiger partial charge in [0.15, 0.2) is 0 Å². The van der Waals surface area contributed by atoms with Crippen LogP contribution in [0.4, 0.5) is 0 Å². The molecule has 0 spiro atoms. The Hall–Kier alpha value is -1.22. The fourth-order valence-electron chi connectivity index (χ4n) is 1.49. The summed E-state index contributed by atoms with van der Waals surface area (Å²) in [6.45, 7) is 2.24. The summed E-state index contributed by atoms with van der Waals surface area (Å²) in [5, 5.41) is 3.33. The van der Waals surface area contributed by atoms with E-state index in [0.717, 1.165) is 18.7 Å². The normalized spacial score (nSPS) is 21.0. The van der Waals surface area contributed by atoms with Crippen molar-refractivity contribution in [1.29, 1.82) is 0 Å². The summed E-state index contributed by atoms with van der Waals surface area (Å²) in [6, 6.07) is 0. The van der Waals surface area contributed by atoms with E-state index in [4.69, 9.17) is 0 Å². The molecule has 0 saturated carbocycles. The van der Waals surface area contributed by atoms with Gasteiger partial charge in [-0.05, 0) is 18.9 Å². The van der Waals surface area contributed by atoms with E-state index in [-0.39, 0.29) is 7.43 Å². The number of rotatable bonds is 2. The second-order valence-corrected chi connectivity index (χ2v) is 3.28. The maximum absolute atomic E-state index is 3.95. The molecule has 1 aromatic rings. The molecule has 1 N–H and O–H groups in total. The maximum atomic E-state index is 3.95. The highest BCUT2D eigenvalue weighted by molar-refractivity contribution is 5.46. The number of hydrogen-bond donors (Lipinski definition) is 1. The smallest absolute Gasteiger partial charge is 0.115 e. The Balaban J connectivity index is 0.000000980. The average molecular weight is 191 g/mol. The summed E-state index contributed by atoms with van der Waals surface area (Å²) >= 11 is 0. The molecule has 0 unspecified atom stereocenters. The largest absolute Gasteiger partial charge is 0.316 e. The van der Waals surface area contributed by atoms with Gasteiger partial charge < -0.3 is 5.32 Å². The van der Waals surface area contributed by atoms with Crippen LogP contribution in [-0.2, 0) is 0 Å². The molecule has 0 aromatic carbocycles. The van der Waals surface area contributed by atoms with Gasteiger partial charge in [0, 0.05) is 24.5 Å². The molecule has 14 heavy (non-hydrogen) atoms. The van der Waals surface area contributed by atoms with E-state index in [0.29, 0.717) is 5.92 Å². The zero-order chi connectivity index (χ0) is 8.93. The lowest BCUT2D eigenvalue weighted by Gasteiger charge is -1.98. The molecule has 2 heterocycles. The molecule has 3 nitrogen and oxygen atoms in total. The Kier molecular flexibility index (Phi) is 4.26. The molecule has 1 aliphatic rings. The summed E-state index contributed by atoms with van der Waals surface area (Å²) in [5.41, 5.74) is 1.08. The van der Waals surface area contributed by atoms with E-state index >= 15 is 0 Å². The van der Waals surface area contributed by atoms with Crippen molar-refractivity contribution in [3.63, 3.8) is 0 Å². The molecule has 3 heteroatoms. The van der Waals surface area contributed by atoms with Crippen LogP contribution in [0.2, 0.25) is 0 Å². The third kappa shape index (κ3) is 2.92. The summed E-state index contributed by atoms with van der Waals surface area (Å²) in [5.74, 6) is 0.681. The summed E-state index contributed by atoms with van der Waals surface area (Å²) < 4.78 is 0. The Morgan fingerprint density at radius 1 is 1.36 bits per heavy atom. The van der Waals surface area contributed by atoms with Crippen LogP contribution in [0.1, 0.15) is 19.4 Å². The maximum Gasteiger partial charge on any atom is 0.115 e. The number of aromatic nitrogens is 2. The van der Waals surface area contributed by atoms with Crippen molar-refractivity contribution < 1.29 is 0 Å². The van der Waals surface area contributed by atoms with E-state index in [1.807, 2.05) is 12.4 Å². The van der Waals surface area contributed by atoms with E-state index in [9.17, 15) is 0 Å². The van der Waals surface area contributed by atoms with Crippen LogP contribution in [-0.4, -0.2) is 23.1 Å². The van der Waals surface area contributed by atoms with Gasteiger partial charge in [0.2, 0.25) is 0 Å². The molecule has 0 amide bonds. The van der Waals surface area contributed by atoms with Crippen LogP contribution >= 0.6 is 0 Å². The second-order valence-electron chi connectivity index (χ2n) is 3.28. The first-order valence-electron chi connectivity index (χ1n) is 4.59. The second kappa shape index (κ2) is 5.50. The molecule has 2 rings (SSSR count). The molecule has 1 saturated heterocycles. The molecule has 0 bridgehead atoms. The molecule has 0 aliphatic carbocycles. The summed E-state index contributed by atoms with van der Waals surface area (Å²) in [6.07, 6.45) is 10.8. The lowest BCUT2D eigenvalue weighted by molar-refractivity contribution is 0.731. The molecule has 1 fully saturated rings. The van der Waals surface area contributed by atoms with Gasteiger partial charge in [-0.1, -0.05) is 19.6 Å². The standard InChI is InChI=1S/C10H13N3.CH4/c1(9-3-4-11-5-9)2-10-6-12-8-13-7-10;/h1-2,6-9,11H,3-5H2;1H4/b2-1+;/t9-;/m0./s1. The first-order valence-corrected chi connectivity index (χ1v) is 4.59. The van der Waals surface area contributed by atoms with Gasteiger partial charge in [-0.15, -0.1) is 0 Å². The van der Waals surface area contributed by atoms with Crippen LogP contribution in [0.3, 0.4) is 0 Å². The minimum Gasteiger partial charge on any atom is -0.316 e. The van der Waals surface area contributed by atoms with Crippen molar-refractivity contribution in [3.05, 3.63) is 30.4 Å². The molecule has 0 radical (unpaired) electrons. The highest BCUT2D eigenvalue weighted by atomic mass is 14.9. The van der Waals surface area contributed by atoms with Gasteiger partial charge in [0.05, 0.1) is 0 Å². The summed E-state index contributed by atoms with van der Waals surface area (Å²) in [7, 11) is 0. The van der Waals surface area contributed by atoms with Gasteiger partial charge in [-0.25, -0.2) is 9.97 Å². The minimum atomic E-state index is 0. The Bertz CT molecular complexity index is 276. The van der Waals surface area contributed by atoms with Crippen LogP contribution in [0.15, 0.2) is 24.8 Å². The van der Waals surface area contributed by atoms with Crippen molar-refractivity contribution in [2.45, 2.75) is 13.8 Å². The third-order valence-corrected chi connectivity index (χ3v) is 2.24. The first-order chi connectivity index (χ1) is 6.45. The quantitative estimate of drug-likeness (QED) is 0.773. The predicted molar refractivity (Wildman–Crippen MR) is 58.8 cm³/mol. The van der Waals surface area contributed by atoms with Crippen molar-refractivity contribution >= 4 is 6.08 Å². The summed E-state index contributed by atoms with van der Waals surface area (Å²) in [4.78, 5) is 7.90. The lowest BCUT2D eigenvalue weighted by Crippen LogP contribution is -2.07. The van der Waals surface area contributed by atoms with Crippen LogP contribution < -0.4 is 5.32 Å². The lowest BCUT2D eigenvalue weighted by atomic mass is 10.1. The van der Waals surface area contributed by atoms with Crippen molar-refractivity contribution in [3.8, 4) is 0 Å². The first kappa shape index (κ1) is 10.9. The predicted octanol–water partition coefficient (Wildman–Crippen LogP) is 1.74. The zero-order valence-corrected chi connectivity index (χ0v) is 7.48. The molecule has 1 aromatic heterocycles. The van der Waals surface area contributed by atoms with E-state index in [1.54, 1.807) is 6.33 Å². The Morgan fingerprint density at radius 3 is 2.79 bits per heavy atom. The molecular weight excluding hydrogens is 174 g/mol. The average Bonchev–Trinajstić information content (AvgIpc) is 2.69. The third-order valence-electron chi connectivity index (χ3n) is 2.24. The fraction of sp³-hybridized carbons (Fsp3) is 0.455. The topological polar surface area (TPSA) is 37.8 Å². The van der Waals surface area contributed by atoms with Gasteiger partial charge in [-0.2, -0.15) is 0 Å². The van der Waals surface area contributed by atoms with Gasteiger partial charge >= 0.3 is 0 Å². The van der Waals surface area contributed by atoms with Crippen molar-refractivity contribution in [1.82, 2.24) is 15.3 Å². The zero-order valence-electron chi connectivity index (χ0n) is 7.48. The van der Waals surface area contributed by atoms with Gasteiger partial charge in [0.25, 0.3) is 0 Å². The molecule has 1 aliphatic heterocycles. The van der Waals surface area contributed by atoms with Crippen LogP contribution in [0, 0.1) is 5.92 Å². The van der Waals surface area contributed by atoms with Gasteiger partial charge in [0.1, 0.15) is 6.33 Å². The number of nitrogens with one attached hydrogen (secondary N) is 1.